The van der Waals surface area contributed by atoms with Crippen molar-refractivity contribution in [3.05, 3.63) is 42.2 Å². The van der Waals surface area contributed by atoms with Crippen LogP contribution in [0, 0.1) is 5.82 Å². The van der Waals surface area contributed by atoms with E-state index in [1.165, 1.54) is 18.0 Å². The largest absolute Gasteiger partial charge is 0.338 e. The zero-order chi connectivity index (χ0) is 13.9. The number of halogens is 1. The Morgan fingerprint density at radius 2 is 2.11 bits per heavy atom. The maximum absolute atomic E-state index is 13.3. The Kier molecular flexibility index (Phi) is 4.20. The predicted octanol–water partition coefficient (Wildman–Crippen LogP) is 0.731. The maximum Gasteiger partial charge on any atom is 0.254 e. The molecule has 0 heterocycles. The zero-order valence-corrected chi connectivity index (χ0v) is 10.6. The molecule has 1 rings (SSSR count). The van der Waals surface area contributed by atoms with E-state index in [2.05, 4.69) is 6.58 Å². The van der Waals surface area contributed by atoms with Crippen LogP contribution in [0.4, 0.5) is 4.39 Å². The second-order valence-electron chi connectivity index (χ2n) is 3.69. The summed E-state index contributed by atoms with van der Waals surface area (Å²) in [6.45, 7) is 3.73. The van der Waals surface area contributed by atoms with Gasteiger partial charge in [0.1, 0.15) is 5.82 Å². The number of nitrogens with zero attached hydrogens (tertiary/aromatic N) is 1. The third-order valence-electron chi connectivity index (χ3n) is 2.20. The summed E-state index contributed by atoms with van der Waals surface area (Å²) in [5, 5.41) is 4.89. The first-order valence-corrected chi connectivity index (χ1v) is 6.50. The van der Waals surface area contributed by atoms with Crippen molar-refractivity contribution in [3.8, 4) is 0 Å². The lowest BCUT2D eigenvalue weighted by molar-refractivity contribution is 0.0809. The molecule has 0 spiro atoms. The molecule has 0 fully saturated rings. The summed E-state index contributed by atoms with van der Waals surface area (Å²) in [7, 11) is -2.56. The van der Waals surface area contributed by atoms with E-state index in [1.807, 2.05) is 0 Å². The minimum absolute atomic E-state index is 0.0802. The van der Waals surface area contributed by atoms with Crippen molar-refractivity contribution in [2.24, 2.45) is 5.14 Å². The number of likely N-dealkylation sites (N-methyl/N-ethyl adjacent to an activating group) is 1. The van der Waals surface area contributed by atoms with Crippen molar-refractivity contribution >= 4 is 15.9 Å². The minimum Gasteiger partial charge on any atom is -0.338 e. The summed E-state index contributed by atoms with van der Waals surface area (Å²) >= 11 is 0. The first-order chi connectivity index (χ1) is 8.25. The van der Waals surface area contributed by atoms with Gasteiger partial charge in [0.2, 0.25) is 10.0 Å². The van der Waals surface area contributed by atoms with Gasteiger partial charge in [0.05, 0.1) is 4.90 Å². The lowest BCUT2D eigenvalue weighted by Gasteiger charge is -2.15. The first-order valence-electron chi connectivity index (χ1n) is 4.95. The normalized spacial score (nSPS) is 11.1. The molecule has 0 saturated heterocycles. The molecule has 18 heavy (non-hydrogen) atoms. The van der Waals surface area contributed by atoms with E-state index < -0.39 is 26.6 Å². The molecular formula is C11H13FN2O3S. The number of amides is 1. The molecule has 0 saturated carbocycles. The average Bonchev–Trinajstić information content (AvgIpc) is 2.26. The van der Waals surface area contributed by atoms with Crippen LogP contribution in [0.3, 0.4) is 0 Å². The van der Waals surface area contributed by atoms with E-state index >= 15 is 0 Å². The summed E-state index contributed by atoms with van der Waals surface area (Å²) in [6, 6.07) is 2.76. The van der Waals surface area contributed by atoms with Gasteiger partial charge in [0.15, 0.2) is 0 Å². The molecule has 0 aromatic heterocycles. The Labute approximate surface area is 105 Å². The molecule has 1 aromatic rings. The second-order valence-corrected chi connectivity index (χ2v) is 5.26. The maximum atomic E-state index is 13.3. The summed E-state index contributed by atoms with van der Waals surface area (Å²) in [5.41, 5.74) is -0.0802. The van der Waals surface area contributed by atoms with Gasteiger partial charge in [-0.25, -0.2) is 17.9 Å². The Hall–Kier alpha value is -1.73. The third-order valence-corrected chi connectivity index (χ3v) is 3.09. The van der Waals surface area contributed by atoms with Crippen LogP contribution in [-0.4, -0.2) is 32.8 Å². The van der Waals surface area contributed by atoms with Crippen molar-refractivity contribution in [2.45, 2.75) is 4.90 Å². The van der Waals surface area contributed by atoms with Gasteiger partial charge >= 0.3 is 0 Å². The lowest BCUT2D eigenvalue weighted by Crippen LogP contribution is -2.27. The van der Waals surface area contributed by atoms with Crippen molar-refractivity contribution < 1.29 is 17.6 Å². The van der Waals surface area contributed by atoms with E-state index in [0.29, 0.717) is 0 Å². The quantitative estimate of drug-likeness (QED) is 0.820. The Bertz CT molecular complexity index is 584. The van der Waals surface area contributed by atoms with Crippen molar-refractivity contribution in [2.75, 3.05) is 13.6 Å². The fourth-order valence-electron chi connectivity index (χ4n) is 1.35. The number of rotatable bonds is 4. The molecule has 0 radical (unpaired) electrons. The number of carbonyl (C=O) groups is 1. The van der Waals surface area contributed by atoms with E-state index in [9.17, 15) is 17.6 Å². The molecule has 1 aromatic carbocycles. The lowest BCUT2D eigenvalue weighted by atomic mass is 10.2. The highest BCUT2D eigenvalue weighted by Crippen LogP contribution is 2.14. The van der Waals surface area contributed by atoms with Crippen LogP contribution >= 0.6 is 0 Å². The molecule has 1 amide bonds. The summed E-state index contributed by atoms with van der Waals surface area (Å²) < 4.78 is 35.5. The molecular weight excluding hydrogens is 259 g/mol. The van der Waals surface area contributed by atoms with Gasteiger partial charge in [-0.2, -0.15) is 0 Å². The van der Waals surface area contributed by atoms with Crippen LogP contribution in [0.5, 0.6) is 0 Å². The van der Waals surface area contributed by atoms with E-state index in [-0.39, 0.29) is 12.1 Å². The smallest absolute Gasteiger partial charge is 0.254 e. The zero-order valence-electron chi connectivity index (χ0n) is 9.76. The molecule has 98 valence electrons. The van der Waals surface area contributed by atoms with Gasteiger partial charge in [0.25, 0.3) is 5.91 Å². The van der Waals surface area contributed by atoms with Crippen molar-refractivity contribution in [1.82, 2.24) is 4.90 Å². The fourth-order valence-corrected chi connectivity index (χ4v) is 1.92. The van der Waals surface area contributed by atoms with Gasteiger partial charge < -0.3 is 4.90 Å². The van der Waals surface area contributed by atoms with E-state index in [4.69, 9.17) is 5.14 Å². The molecule has 5 nitrogen and oxygen atoms in total. The molecule has 0 aliphatic rings. The highest BCUT2D eigenvalue weighted by atomic mass is 32.2. The number of hydrogen-bond acceptors (Lipinski definition) is 3. The molecule has 0 atom stereocenters. The van der Waals surface area contributed by atoms with Crippen molar-refractivity contribution in [3.63, 3.8) is 0 Å². The predicted molar refractivity (Wildman–Crippen MR) is 64.9 cm³/mol. The number of hydrogen-bond donors (Lipinski definition) is 1. The second kappa shape index (κ2) is 5.28. The van der Waals surface area contributed by atoms with E-state index in [0.717, 1.165) is 18.2 Å². The van der Waals surface area contributed by atoms with E-state index in [1.54, 1.807) is 0 Å². The summed E-state index contributed by atoms with van der Waals surface area (Å²) in [5.74, 6) is -1.35. The van der Waals surface area contributed by atoms with Gasteiger partial charge in [-0.3, -0.25) is 4.79 Å². The number of sulfonamides is 1. The molecule has 0 aliphatic heterocycles. The standard InChI is InChI=1S/C11H13FN2O3S/c1-3-4-14(2)11(15)8-5-9(12)7-10(6-8)18(13,16)17/h3,5-7H,1,4H2,2H3,(H2,13,16,17). The monoisotopic (exact) mass is 272 g/mol. The molecule has 0 unspecified atom stereocenters. The van der Waals surface area contributed by atoms with Crippen LogP contribution in [0.1, 0.15) is 10.4 Å². The van der Waals surface area contributed by atoms with Gasteiger partial charge in [-0.1, -0.05) is 6.08 Å². The van der Waals surface area contributed by atoms with Crippen LogP contribution < -0.4 is 5.14 Å². The summed E-state index contributed by atoms with van der Waals surface area (Å²) in [6.07, 6.45) is 1.50. The average molecular weight is 272 g/mol. The van der Waals surface area contributed by atoms with Gasteiger partial charge in [0, 0.05) is 19.2 Å². The third kappa shape index (κ3) is 3.38. The fraction of sp³-hybridized carbons (Fsp3) is 0.182. The molecule has 0 aliphatic carbocycles. The van der Waals surface area contributed by atoms with Crippen LogP contribution in [0.2, 0.25) is 0 Å². The van der Waals surface area contributed by atoms with Crippen LogP contribution in [0.25, 0.3) is 0 Å². The topological polar surface area (TPSA) is 80.5 Å². The Balaban J connectivity index is 3.22. The molecule has 2 N–H and O–H groups in total. The minimum atomic E-state index is -4.05. The highest BCUT2D eigenvalue weighted by Gasteiger charge is 2.16. The summed E-state index contributed by atoms with van der Waals surface area (Å²) in [4.78, 5) is 12.7. The Morgan fingerprint density at radius 3 is 2.61 bits per heavy atom. The van der Waals surface area contributed by atoms with Crippen LogP contribution in [-0.2, 0) is 10.0 Å². The van der Waals surface area contributed by atoms with Gasteiger partial charge in [-0.15, -0.1) is 6.58 Å². The first kappa shape index (κ1) is 14.3. The molecule has 7 heteroatoms. The number of nitrogens with two attached hydrogens (primary N) is 1. The highest BCUT2D eigenvalue weighted by molar-refractivity contribution is 7.89. The van der Waals surface area contributed by atoms with Crippen LogP contribution in [0.15, 0.2) is 35.7 Å². The number of carbonyl (C=O) groups excluding carboxylic acids is 1. The molecule has 0 bridgehead atoms. The van der Waals surface area contributed by atoms with Crippen molar-refractivity contribution in [1.29, 1.82) is 0 Å². The number of primary sulfonamides is 1. The number of benzene rings is 1. The SMILES string of the molecule is C=CCN(C)C(=O)c1cc(F)cc(S(N)(=O)=O)c1. The van der Waals surface area contributed by atoms with Gasteiger partial charge in [-0.05, 0) is 18.2 Å². The Morgan fingerprint density at radius 1 is 1.50 bits per heavy atom.